The number of benzene rings is 1. The maximum Gasteiger partial charge on any atom is 0.317 e. The third kappa shape index (κ3) is 3.48. The van der Waals surface area contributed by atoms with E-state index in [9.17, 15) is 14.0 Å². The van der Waals surface area contributed by atoms with Gasteiger partial charge in [-0.05, 0) is 43.4 Å². The number of carbonyl (C=O) groups is 2. The predicted molar refractivity (Wildman–Crippen MR) is 87.7 cm³/mol. The molecule has 1 saturated carbocycles. The van der Waals surface area contributed by atoms with Crippen molar-refractivity contribution in [1.82, 2.24) is 10.2 Å². The van der Waals surface area contributed by atoms with Gasteiger partial charge in [-0.25, -0.2) is 9.18 Å². The molecule has 1 heterocycles. The first-order chi connectivity index (χ1) is 11.4. The molecule has 0 bridgehead atoms. The number of likely N-dealkylation sites (tertiary alicyclic amines) is 1. The largest absolute Gasteiger partial charge is 0.481 e. The Morgan fingerprint density at radius 3 is 2.79 bits per heavy atom. The zero-order valence-corrected chi connectivity index (χ0v) is 14.0. The summed E-state index contributed by atoms with van der Waals surface area (Å²) in [6.07, 6.45) is 3.07. The van der Waals surface area contributed by atoms with Crippen LogP contribution < -0.4 is 5.32 Å². The number of amides is 2. The quantitative estimate of drug-likeness (QED) is 0.873. The number of piperidine rings is 1. The van der Waals surface area contributed by atoms with E-state index < -0.39 is 11.9 Å². The van der Waals surface area contributed by atoms with Gasteiger partial charge in [-0.2, -0.15) is 0 Å². The van der Waals surface area contributed by atoms with Crippen molar-refractivity contribution >= 4 is 23.6 Å². The van der Waals surface area contributed by atoms with E-state index in [0.29, 0.717) is 31.0 Å². The van der Waals surface area contributed by atoms with Crippen LogP contribution in [-0.4, -0.2) is 41.6 Å². The topological polar surface area (TPSA) is 69.6 Å². The Labute approximate surface area is 144 Å². The van der Waals surface area contributed by atoms with Crippen LogP contribution >= 0.6 is 11.6 Å². The maximum atomic E-state index is 13.2. The predicted octanol–water partition coefficient (Wildman–Crippen LogP) is 3.02. The summed E-state index contributed by atoms with van der Waals surface area (Å²) in [6.45, 7) is 1.23. The molecule has 7 heteroatoms. The Bertz CT molecular complexity index is 663. The molecule has 0 radical (unpaired) electrons. The molecule has 130 valence electrons. The van der Waals surface area contributed by atoms with Crippen molar-refractivity contribution in [3.8, 4) is 0 Å². The van der Waals surface area contributed by atoms with Crippen molar-refractivity contribution in [1.29, 1.82) is 0 Å². The molecule has 1 saturated heterocycles. The first-order valence-corrected chi connectivity index (χ1v) is 8.50. The number of nitrogens with zero attached hydrogens (tertiary/aromatic N) is 1. The molecule has 2 aliphatic rings. The van der Waals surface area contributed by atoms with Crippen molar-refractivity contribution < 1.29 is 19.1 Å². The van der Waals surface area contributed by atoms with E-state index in [0.717, 1.165) is 18.4 Å². The van der Waals surface area contributed by atoms with Gasteiger partial charge in [0.15, 0.2) is 0 Å². The van der Waals surface area contributed by atoms with Crippen molar-refractivity contribution in [3.63, 3.8) is 0 Å². The van der Waals surface area contributed by atoms with E-state index in [1.807, 2.05) is 0 Å². The zero-order valence-electron chi connectivity index (χ0n) is 13.2. The lowest BCUT2D eigenvalue weighted by atomic mass is 9.95. The molecule has 1 unspecified atom stereocenters. The summed E-state index contributed by atoms with van der Waals surface area (Å²) in [6, 6.07) is 4.11. The van der Waals surface area contributed by atoms with Crippen molar-refractivity contribution in [3.05, 3.63) is 34.6 Å². The second-order valence-electron chi connectivity index (χ2n) is 6.69. The fraction of sp³-hybridized carbons (Fsp3) is 0.529. The minimum Gasteiger partial charge on any atom is -0.481 e. The molecule has 1 aliphatic carbocycles. The molecule has 1 aromatic carbocycles. The van der Waals surface area contributed by atoms with Crippen LogP contribution in [0.15, 0.2) is 18.2 Å². The van der Waals surface area contributed by atoms with Gasteiger partial charge in [0.25, 0.3) is 0 Å². The number of hydrogen-bond acceptors (Lipinski definition) is 2. The second kappa shape index (κ2) is 6.59. The molecule has 3 rings (SSSR count). The van der Waals surface area contributed by atoms with Crippen LogP contribution in [0.3, 0.4) is 0 Å². The van der Waals surface area contributed by atoms with E-state index in [4.69, 9.17) is 16.7 Å². The van der Waals surface area contributed by atoms with Crippen LogP contribution in [0.4, 0.5) is 9.18 Å². The number of nitrogens with one attached hydrogen (secondary N) is 1. The van der Waals surface area contributed by atoms with Crippen LogP contribution in [0.25, 0.3) is 0 Å². The van der Waals surface area contributed by atoms with Crippen molar-refractivity contribution in [2.24, 2.45) is 5.92 Å². The Balaban J connectivity index is 1.61. The van der Waals surface area contributed by atoms with Gasteiger partial charge in [-0.3, -0.25) is 4.79 Å². The molecule has 2 amide bonds. The van der Waals surface area contributed by atoms with Gasteiger partial charge in [0.05, 0.1) is 5.92 Å². The van der Waals surface area contributed by atoms with Gasteiger partial charge < -0.3 is 15.3 Å². The Kier molecular flexibility index (Phi) is 4.67. The highest BCUT2D eigenvalue weighted by molar-refractivity contribution is 6.31. The van der Waals surface area contributed by atoms with Crippen molar-refractivity contribution in [2.75, 3.05) is 19.6 Å². The number of aliphatic carboxylic acids is 1. The smallest absolute Gasteiger partial charge is 0.317 e. The first kappa shape index (κ1) is 17.0. The molecular formula is C17H20ClFN2O3. The van der Waals surface area contributed by atoms with Gasteiger partial charge in [-0.1, -0.05) is 17.7 Å². The zero-order chi connectivity index (χ0) is 17.3. The second-order valence-corrected chi connectivity index (χ2v) is 7.09. The molecule has 1 aromatic rings. The molecule has 24 heavy (non-hydrogen) atoms. The minimum absolute atomic E-state index is 0.234. The monoisotopic (exact) mass is 354 g/mol. The summed E-state index contributed by atoms with van der Waals surface area (Å²) >= 11 is 6.14. The maximum absolute atomic E-state index is 13.2. The van der Waals surface area contributed by atoms with Crippen molar-refractivity contribution in [2.45, 2.75) is 31.1 Å². The van der Waals surface area contributed by atoms with E-state index >= 15 is 0 Å². The lowest BCUT2D eigenvalue weighted by molar-refractivity contribution is -0.143. The number of carbonyl (C=O) groups excluding carboxylic acids is 1. The summed E-state index contributed by atoms with van der Waals surface area (Å²) in [4.78, 5) is 25.0. The molecule has 0 aromatic heterocycles. The SMILES string of the molecule is O=C(O)C1CCCN(C(=O)NCC2(c3ccc(F)cc3Cl)CC2)C1. The Morgan fingerprint density at radius 2 is 2.17 bits per heavy atom. The van der Waals surface area contributed by atoms with E-state index in [1.165, 1.54) is 12.1 Å². The molecule has 1 atom stereocenters. The summed E-state index contributed by atoms with van der Waals surface area (Å²) in [5.41, 5.74) is 0.621. The van der Waals surface area contributed by atoms with Crippen LogP contribution in [0, 0.1) is 11.7 Å². The van der Waals surface area contributed by atoms with Gasteiger partial charge in [0, 0.05) is 30.1 Å². The third-order valence-electron chi connectivity index (χ3n) is 4.99. The lowest BCUT2D eigenvalue weighted by Gasteiger charge is -2.31. The standard InChI is InChI=1S/C17H20ClFN2O3/c18-14-8-12(19)3-4-13(14)17(5-6-17)10-20-16(24)21-7-1-2-11(9-21)15(22)23/h3-4,8,11H,1-2,5-7,9-10H2,(H,20,24)(H,22,23). The summed E-state index contributed by atoms with van der Waals surface area (Å²) in [5.74, 6) is -1.73. The number of hydrogen-bond donors (Lipinski definition) is 2. The average molecular weight is 355 g/mol. The molecule has 5 nitrogen and oxygen atoms in total. The molecule has 0 spiro atoms. The molecule has 2 N–H and O–H groups in total. The minimum atomic E-state index is -0.857. The van der Waals surface area contributed by atoms with Crippen LogP contribution in [-0.2, 0) is 10.2 Å². The fourth-order valence-corrected chi connectivity index (χ4v) is 3.70. The van der Waals surface area contributed by atoms with E-state index in [-0.39, 0.29) is 23.8 Å². The number of rotatable bonds is 4. The lowest BCUT2D eigenvalue weighted by Crippen LogP contribution is -2.48. The van der Waals surface area contributed by atoms with Crippen LogP contribution in [0.5, 0.6) is 0 Å². The highest BCUT2D eigenvalue weighted by Crippen LogP contribution is 2.50. The summed E-state index contributed by atoms with van der Waals surface area (Å²) < 4.78 is 13.2. The van der Waals surface area contributed by atoms with Crippen LogP contribution in [0.1, 0.15) is 31.2 Å². The summed E-state index contributed by atoms with van der Waals surface area (Å²) in [5, 5.41) is 12.4. The Hall–Kier alpha value is -1.82. The summed E-state index contributed by atoms with van der Waals surface area (Å²) in [7, 11) is 0. The number of halogens is 2. The van der Waals surface area contributed by atoms with Gasteiger partial charge in [-0.15, -0.1) is 0 Å². The number of carboxylic acids is 1. The molecular weight excluding hydrogens is 335 g/mol. The Morgan fingerprint density at radius 1 is 1.42 bits per heavy atom. The van der Waals surface area contributed by atoms with Gasteiger partial charge in [0.1, 0.15) is 5.82 Å². The van der Waals surface area contributed by atoms with Gasteiger partial charge >= 0.3 is 12.0 Å². The highest BCUT2D eigenvalue weighted by Gasteiger charge is 2.46. The first-order valence-electron chi connectivity index (χ1n) is 8.12. The fourth-order valence-electron chi connectivity index (χ4n) is 3.33. The highest BCUT2D eigenvalue weighted by atomic mass is 35.5. The van der Waals surface area contributed by atoms with Crippen LogP contribution in [0.2, 0.25) is 5.02 Å². The molecule has 2 fully saturated rings. The average Bonchev–Trinajstić information content (AvgIpc) is 3.33. The van der Waals surface area contributed by atoms with E-state index in [2.05, 4.69) is 5.32 Å². The normalized spacial score (nSPS) is 22.1. The molecule has 1 aliphatic heterocycles. The van der Waals surface area contributed by atoms with Gasteiger partial charge in [0.2, 0.25) is 0 Å². The van der Waals surface area contributed by atoms with E-state index in [1.54, 1.807) is 11.0 Å². The third-order valence-corrected chi connectivity index (χ3v) is 5.30. The number of urea groups is 1. The number of carboxylic acid groups (broad SMARTS) is 1.